The maximum absolute atomic E-state index is 13.0. The number of amides is 1. The number of oxazole rings is 1. The summed E-state index contributed by atoms with van der Waals surface area (Å²) >= 11 is 0. The molecule has 1 aromatic heterocycles. The van der Waals surface area contributed by atoms with Crippen LogP contribution >= 0.6 is 0 Å². The Hall–Kier alpha value is -2.63. The second-order valence-corrected chi connectivity index (χ2v) is 6.99. The van der Waals surface area contributed by atoms with E-state index in [9.17, 15) is 9.59 Å². The molecule has 0 spiro atoms. The highest BCUT2D eigenvalue weighted by Crippen LogP contribution is 2.40. The minimum atomic E-state index is -0.320. The fourth-order valence-corrected chi connectivity index (χ4v) is 3.54. The van der Waals surface area contributed by atoms with Crippen LogP contribution in [0.25, 0.3) is 11.5 Å². The third-order valence-corrected chi connectivity index (χ3v) is 5.19. The lowest BCUT2D eigenvalue weighted by Gasteiger charge is -2.29. The standard InChI is InChI=1S/C20H22N2O4/c1-25-18(23)11-15(13-7-8-13)20(24)22-10-9-16-17(12-22)26-19(21-16)14-5-3-2-4-6-14/h2-6,13,15H,7-12H2,1H3. The van der Waals surface area contributed by atoms with Crippen LogP contribution in [0.15, 0.2) is 34.7 Å². The van der Waals surface area contributed by atoms with E-state index < -0.39 is 0 Å². The highest BCUT2D eigenvalue weighted by Gasteiger charge is 2.40. The molecule has 6 nitrogen and oxygen atoms in total. The van der Waals surface area contributed by atoms with Crippen LogP contribution in [0.3, 0.4) is 0 Å². The lowest BCUT2D eigenvalue weighted by Crippen LogP contribution is -2.41. The van der Waals surface area contributed by atoms with Gasteiger partial charge in [-0.25, -0.2) is 4.98 Å². The normalized spacial score (nSPS) is 17.5. The Balaban J connectivity index is 1.50. The number of methoxy groups -OCH3 is 1. The maximum Gasteiger partial charge on any atom is 0.306 e. The summed E-state index contributed by atoms with van der Waals surface area (Å²) in [5, 5.41) is 0. The summed E-state index contributed by atoms with van der Waals surface area (Å²) < 4.78 is 10.7. The van der Waals surface area contributed by atoms with Gasteiger partial charge in [-0.05, 0) is 30.9 Å². The van der Waals surface area contributed by atoms with Crippen molar-refractivity contribution in [3.05, 3.63) is 41.8 Å². The second-order valence-electron chi connectivity index (χ2n) is 6.99. The Morgan fingerprint density at radius 1 is 1.31 bits per heavy atom. The molecule has 1 aliphatic heterocycles. The van der Waals surface area contributed by atoms with Crippen LogP contribution in [0.5, 0.6) is 0 Å². The van der Waals surface area contributed by atoms with Crippen molar-refractivity contribution in [1.82, 2.24) is 9.88 Å². The molecule has 2 heterocycles. The zero-order valence-electron chi connectivity index (χ0n) is 14.8. The molecule has 1 atom stereocenters. The highest BCUT2D eigenvalue weighted by atomic mass is 16.5. The van der Waals surface area contributed by atoms with Gasteiger partial charge in [0.05, 0.1) is 31.7 Å². The van der Waals surface area contributed by atoms with Crippen molar-refractivity contribution in [1.29, 1.82) is 0 Å². The van der Waals surface area contributed by atoms with Crippen LogP contribution in [0.2, 0.25) is 0 Å². The molecule has 0 N–H and O–H groups in total. The van der Waals surface area contributed by atoms with Gasteiger partial charge in [-0.2, -0.15) is 0 Å². The van der Waals surface area contributed by atoms with Crippen LogP contribution in [0.1, 0.15) is 30.7 Å². The van der Waals surface area contributed by atoms with Gasteiger partial charge in [-0.15, -0.1) is 0 Å². The molecular weight excluding hydrogens is 332 g/mol. The number of hydrogen-bond donors (Lipinski definition) is 0. The number of esters is 1. The predicted molar refractivity (Wildman–Crippen MR) is 93.9 cm³/mol. The van der Waals surface area contributed by atoms with Crippen molar-refractivity contribution in [3.63, 3.8) is 0 Å². The van der Waals surface area contributed by atoms with Crippen LogP contribution in [-0.2, 0) is 27.3 Å². The number of carbonyl (C=O) groups is 2. The molecule has 0 saturated heterocycles. The van der Waals surface area contributed by atoms with E-state index in [1.54, 1.807) is 4.90 Å². The third kappa shape index (κ3) is 3.36. The van der Waals surface area contributed by atoms with Crippen molar-refractivity contribution >= 4 is 11.9 Å². The minimum absolute atomic E-state index is 0.0289. The van der Waals surface area contributed by atoms with E-state index in [0.29, 0.717) is 31.3 Å². The number of ether oxygens (including phenoxy) is 1. The van der Waals surface area contributed by atoms with E-state index in [2.05, 4.69) is 4.98 Å². The molecule has 6 heteroatoms. The molecule has 2 aromatic rings. The zero-order valence-corrected chi connectivity index (χ0v) is 14.8. The molecule has 0 bridgehead atoms. The number of rotatable bonds is 5. The summed E-state index contributed by atoms with van der Waals surface area (Å²) in [5.74, 6) is 1.08. The van der Waals surface area contributed by atoms with Crippen LogP contribution in [-0.4, -0.2) is 35.4 Å². The molecule has 1 unspecified atom stereocenters. The second kappa shape index (κ2) is 6.94. The van der Waals surface area contributed by atoms with Gasteiger partial charge in [-0.3, -0.25) is 9.59 Å². The van der Waals surface area contributed by atoms with Gasteiger partial charge >= 0.3 is 5.97 Å². The van der Waals surface area contributed by atoms with E-state index >= 15 is 0 Å². The third-order valence-electron chi connectivity index (χ3n) is 5.19. The summed E-state index contributed by atoms with van der Waals surface area (Å²) in [6.45, 7) is 1.02. The lowest BCUT2D eigenvalue weighted by molar-refractivity contribution is -0.148. The van der Waals surface area contributed by atoms with Crippen LogP contribution in [0.4, 0.5) is 0 Å². The monoisotopic (exact) mass is 354 g/mol. The molecule has 26 heavy (non-hydrogen) atoms. The van der Waals surface area contributed by atoms with Gasteiger partial charge < -0.3 is 14.1 Å². The Morgan fingerprint density at radius 2 is 2.08 bits per heavy atom. The quantitative estimate of drug-likeness (QED) is 0.772. The Bertz CT molecular complexity index is 810. The summed E-state index contributed by atoms with van der Waals surface area (Å²) in [6, 6.07) is 9.76. The van der Waals surface area contributed by atoms with Crippen molar-refractivity contribution in [2.24, 2.45) is 11.8 Å². The molecule has 136 valence electrons. The molecule has 1 amide bonds. The molecule has 0 radical (unpaired) electrons. The SMILES string of the molecule is COC(=O)CC(C(=O)N1CCc2nc(-c3ccccc3)oc2C1)C1CC1. The van der Waals surface area contributed by atoms with E-state index in [-0.39, 0.29) is 24.2 Å². The van der Waals surface area contributed by atoms with E-state index in [4.69, 9.17) is 9.15 Å². The molecular formula is C20H22N2O4. The molecule has 1 saturated carbocycles. The molecule has 4 rings (SSSR count). The van der Waals surface area contributed by atoms with Gasteiger partial charge in [0.2, 0.25) is 11.8 Å². The summed E-state index contributed by atoms with van der Waals surface area (Å²) in [7, 11) is 1.36. The van der Waals surface area contributed by atoms with Gasteiger partial charge in [0.25, 0.3) is 0 Å². The fourth-order valence-electron chi connectivity index (χ4n) is 3.54. The molecule has 1 fully saturated rings. The Labute approximate surface area is 152 Å². The number of fused-ring (bicyclic) bond motifs is 1. The van der Waals surface area contributed by atoms with Crippen LogP contribution < -0.4 is 0 Å². The Morgan fingerprint density at radius 3 is 2.77 bits per heavy atom. The summed E-state index contributed by atoms with van der Waals surface area (Å²) in [4.78, 5) is 31.0. The van der Waals surface area contributed by atoms with E-state index in [1.807, 2.05) is 30.3 Å². The van der Waals surface area contributed by atoms with Gasteiger partial charge in [0.15, 0.2) is 0 Å². The van der Waals surface area contributed by atoms with E-state index in [1.165, 1.54) is 7.11 Å². The number of hydrogen-bond acceptors (Lipinski definition) is 5. The van der Waals surface area contributed by atoms with Crippen molar-refractivity contribution in [2.75, 3.05) is 13.7 Å². The predicted octanol–water partition coefficient (Wildman–Crippen LogP) is 2.82. The first-order valence-corrected chi connectivity index (χ1v) is 9.05. The average Bonchev–Trinajstić information content (AvgIpc) is 3.43. The fraction of sp³-hybridized carbons (Fsp3) is 0.450. The first-order chi connectivity index (χ1) is 12.7. The van der Waals surface area contributed by atoms with Crippen molar-refractivity contribution < 1.29 is 18.7 Å². The van der Waals surface area contributed by atoms with Gasteiger partial charge in [0, 0.05) is 18.5 Å². The molecule has 1 aliphatic carbocycles. The summed E-state index contributed by atoms with van der Waals surface area (Å²) in [5.41, 5.74) is 1.85. The number of benzene rings is 1. The average molecular weight is 354 g/mol. The highest BCUT2D eigenvalue weighted by molar-refractivity contribution is 5.84. The van der Waals surface area contributed by atoms with Crippen molar-refractivity contribution in [3.8, 4) is 11.5 Å². The topological polar surface area (TPSA) is 72.6 Å². The first-order valence-electron chi connectivity index (χ1n) is 9.05. The summed E-state index contributed by atoms with van der Waals surface area (Å²) in [6.07, 6.45) is 2.85. The van der Waals surface area contributed by atoms with Crippen LogP contribution in [0, 0.1) is 11.8 Å². The Kier molecular flexibility index (Phi) is 4.49. The first kappa shape index (κ1) is 16.8. The van der Waals surface area contributed by atoms with Gasteiger partial charge in [-0.1, -0.05) is 18.2 Å². The van der Waals surface area contributed by atoms with Gasteiger partial charge in [0.1, 0.15) is 5.76 Å². The molecule has 2 aliphatic rings. The number of carbonyl (C=O) groups excluding carboxylic acids is 2. The maximum atomic E-state index is 13.0. The lowest BCUT2D eigenvalue weighted by atomic mass is 9.97. The minimum Gasteiger partial charge on any atom is -0.469 e. The number of aromatic nitrogens is 1. The molecule has 1 aromatic carbocycles. The van der Waals surface area contributed by atoms with Crippen molar-refractivity contribution in [2.45, 2.75) is 32.2 Å². The smallest absolute Gasteiger partial charge is 0.306 e. The zero-order chi connectivity index (χ0) is 18.1. The largest absolute Gasteiger partial charge is 0.469 e. The van der Waals surface area contributed by atoms with E-state index in [0.717, 1.165) is 29.9 Å². The number of nitrogens with zero attached hydrogens (tertiary/aromatic N) is 2.